The van der Waals surface area contributed by atoms with Gasteiger partial charge in [-0.1, -0.05) is 12.1 Å². The van der Waals surface area contributed by atoms with Crippen molar-refractivity contribution in [2.45, 2.75) is 6.18 Å². The number of nitrogens with two attached hydrogens (primary N) is 1. The highest BCUT2D eigenvalue weighted by molar-refractivity contribution is 5.92. The molecular formula is C22H19F4N5O. The molecule has 6 nitrogen and oxygen atoms in total. The second kappa shape index (κ2) is 8.45. The van der Waals surface area contributed by atoms with Crippen LogP contribution in [-0.2, 0) is 6.18 Å². The van der Waals surface area contributed by atoms with Crippen molar-refractivity contribution in [2.24, 2.45) is 5.73 Å². The van der Waals surface area contributed by atoms with Crippen molar-refractivity contribution in [1.29, 1.82) is 0 Å². The number of aromatic nitrogens is 2. The number of primary amides is 1. The van der Waals surface area contributed by atoms with Gasteiger partial charge in [0, 0.05) is 37.4 Å². The Labute approximate surface area is 181 Å². The lowest BCUT2D eigenvalue weighted by molar-refractivity contribution is -0.137. The Morgan fingerprint density at radius 2 is 1.47 bits per heavy atom. The number of hydrogen-bond donors (Lipinski definition) is 1. The zero-order valence-corrected chi connectivity index (χ0v) is 16.8. The lowest BCUT2D eigenvalue weighted by Crippen LogP contribution is -2.47. The Hall–Kier alpha value is -3.69. The van der Waals surface area contributed by atoms with E-state index in [4.69, 9.17) is 5.73 Å². The first-order valence-corrected chi connectivity index (χ1v) is 9.83. The number of halogens is 4. The van der Waals surface area contributed by atoms with Crippen LogP contribution in [0.1, 0.15) is 16.1 Å². The van der Waals surface area contributed by atoms with E-state index >= 15 is 0 Å². The number of carbonyl (C=O) groups excluding carboxylic acids is 1. The molecule has 0 radical (unpaired) electrons. The molecule has 3 aromatic rings. The lowest BCUT2D eigenvalue weighted by atomic mass is 10.1. The van der Waals surface area contributed by atoms with E-state index in [9.17, 15) is 22.4 Å². The number of benzene rings is 2. The number of nitrogens with zero attached hydrogens (tertiary/aromatic N) is 4. The Kier molecular flexibility index (Phi) is 5.68. The average Bonchev–Trinajstić information content (AvgIpc) is 2.79. The van der Waals surface area contributed by atoms with Gasteiger partial charge >= 0.3 is 6.18 Å². The summed E-state index contributed by atoms with van der Waals surface area (Å²) < 4.78 is 51.7. The number of piperazine rings is 1. The quantitative estimate of drug-likeness (QED) is 0.620. The first kappa shape index (κ1) is 21.5. The molecule has 1 aromatic heterocycles. The van der Waals surface area contributed by atoms with Crippen LogP contribution in [0, 0.1) is 5.82 Å². The molecule has 0 spiro atoms. The van der Waals surface area contributed by atoms with Gasteiger partial charge in [0.05, 0.1) is 11.3 Å². The maximum Gasteiger partial charge on any atom is 0.416 e. The third kappa shape index (κ3) is 4.63. The molecule has 2 heterocycles. The Morgan fingerprint density at radius 1 is 0.875 bits per heavy atom. The monoisotopic (exact) mass is 445 g/mol. The minimum absolute atomic E-state index is 0.0223. The minimum atomic E-state index is -4.45. The molecule has 10 heteroatoms. The fourth-order valence-corrected chi connectivity index (χ4v) is 3.50. The van der Waals surface area contributed by atoms with Crippen LogP contribution in [-0.4, -0.2) is 42.1 Å². The van der Waals surface area contributed by atoms with Gasteiger partial charge in [-0.05, 0) is 42.5 Å². The van der Waals surface area contributed by atoms with E-state index in [1.54, 1.807) is 12.1 Å². The molecule has 166 valence electrons. The van der Waals surface area contributed by atoms with Gasteiger partial charge in [-0.3, -0.25) is 4.79 Å². The second-order valence-electron chi connectivity index (χ2n) is 7.33. The molecule has 1 saturated heterocycles. The van der Waals surface area contributed by atoms with Crippen molar-refractivity contribution < 1.29 is 22.4 Å². The Bertz CT molecular complexity index is 1110. The number of carbonyl (C=O) groups is 1. The summed E-state index contributed by atoms with van der Waals surface area (Å²) in [4.78, 5) is 24.5. The van der Waals surface area contributed by atoms with E-state index in [2.05, 4.69) is 14.9 Å². The number of hydrogen-bond acceptors (Lipinski definition) is 5. The summed E-state index contributed by atoms with van der Waals surface area (Å²) in [6, 6.07) is 12.1. The van der Waals surface area contributed by atoms with Crippen LogP contribution in [0.5, 0.6) is 0 Å². The van der Waals surface area contributed by atoms with Crippen LogP contribution >= 0.6 is 0 Å². The number of alkyl halides is 3. The van der Waals surface area contributed by atoms with E-state index < -0.39 is 17.6 Å². The summed E-state index contributed by atoms with van der Waals surface area (Å²) in [6.07, 6.45) is -4.45. The second-order valence-corrected chi connectivity index (χ2v) is 7.33. The van der Waals surface area contributed by atoms with Gasteiger partial charge in [-0.25, -0.2) is 14.4 Å². The molecule has 4 rings (SSSR count). The van der Waals surface area contributed by atoms with Crippen molar-refractivity contribution in [3.63, 3.8) is 0 Å². The normalized spacial score (nSPS) is 14.5. The molecule has 0 bridgehead atoms. The van der Waals surface area contributed by atoms with Gasteiger partial charge in [0.2, 0.25) is 5.95 Å². The fourth-order valence-electron chi connectivity index (χ4n) is 3.50. The van der Waals surface area contributed by atoms with Crippen molar-refractivity contribution in [1.82, 2.24) is 9.97 Å². The third-order valence-corrected chi connectivity index (χ3v) is 5.23. The third-order valence-electron chi connectivity index (χ3n) is 5.23. The summed E-state index contributed by atoms with van der Waals surface area (Å²) in [7, 11) is 0. The fraction of sp³-hybridized carbons (Fsp3) is 0.227. The largest absolute Gasteiger partial charge is 0.416 e. The van der Waals surface area contributed by atoms with Crippen molar-refractivity contribution in [2.75, 3.05) is 36.0 Å². The molecule has 0 atom stereocenters. The molecule has 32 heavy (non-hydrogen) atoms. The SMILES string of the molecule is NC(=O)c1cc(-c2ccc(C(F)(F)F)cc2)nc(N2CCN(c3ccc(F)cc3)CC2)n1. The molecular weight excluding hydrogens is 426 g/mol. The molecule has 1 aliphatic heterocycles. The molecule has 0 aliphatic carbocycles. The Morgan fingerprint density at radius 3 is 2.03 bits per heavy atom. The van der Waals surface area contributed by atoms with Gasteiger partial charge < -0.3 is 15.5 Å². The Balaban J connectivity index is 1.57. The first-order valence-electron chi connectivity index (χ1n) is 9.83. The van der Waals surface area contributed by atoms with Crippen molar-refractivity contribution >= 4 is 17.5 Å². The van der Waals surface area contributed by atoms with Gasteiger partial charge in [-0.2, -0.15) is 13.2 Å². The van der Waals surface area contributed by atoms with Crippen molar-refractivity contribution in [3.05, 3.63) is 71.7 Å². The van der Waals surface area contributed by atoms with E-state index in [-0.39, 0.29) is 17.5 Å². The molecule has 1 aliphatic rings. The summed E-state index contributed by atoms with van der Waals surface area (Å²) >= 11 is 0. The minimum Gasteiger partial charge on any atom is -0.368 e. The maximum atomic E-state index is 13.2. The summed E-state index contributed by atoms with van der Waals surface area (Å²) in [6.45, 7) is 2.30. The zero-order chi connectivity index (χ0) is 22.9. The summed E-state index contributed by atoms with van der Waals surface area (Å²) in [5.74, 6) is -0.790. The number of amides is 1. The number of anilines is 2. The van der Waals surface area contributed by atoms with Crippen LogP contribution in [0.4, 0.5) is 29.2 Å². The van der Waals surface area contributed by atoms with E-state index in [1.165, 1.54) is 30.3 Å². The van der Waals surface area contributed by atoms with Crippen molar-refractivity contribution in [3.8, 4) is 11.3 Å². The van der Waals surface area contributed by atoms with Crippen LogP contribution in [0.25, 0.3) is 11.3 Å². The van der Waals surface area contributed by atoms with Crippen LogP contribution in [0.2, 0.25) is 0 Å². The smallest absolute Gasteiger partial charge is 0.368 e. The van der Waals surface area contributed by atoms with E-state index in [1.807, 2.05) is 4.90 Å². The van der Waals surface area contributed by atoms with Gasteiger partial charge in [-0.15, -0.1) is 0 Å². The average molecular weight is 445 g/mol. The van der Waals surface area contributed by atoms with Gasteiger partial charge in [0.15, 0.2) is 0 Å². The van der Waals surface area contributed by atoms with Crippen LogP contribution < -0.4 is 15.5 Å². The number of rotatable bonds is 4. The van der Waals surface area contributed by atoms with Gasteiger partial charge in [0.25, 0.3) is 5.91 Å². The summed E-state index contributed by atoms with van der Waals surface area (Å²) in [5, 5.41) is 0. The van der Waals surface area contributed by atoms with Gasteiger partial charge in [0.1, 0.15) is 11.5 Å². The highest BCUT2D eigenvalue weighted by Crippen LogP contribution is 2.31. The topological polar surface area (TPSA) is 75.4 Å². The molecule has 0 unspecified atom stereocenters. The zero-order valence-electron chi connectivity index (χ0n) is 16.8. The lowest BCUT2D eigenvalue weighted by Gasteiger charge is -2.36. The molecule has 1 amide bonds. The molecule has 1 fully saturated rings. The molecule has 2 aromatic carbocycles. The standard InChI is InChI=1S/C22H19F4N5O/c23-16-5-7-17(8-6-16)30-9-11-31(12-10-30)21-28-18(13-19(29-21)20(27)32)14-1-3-15(4-2-14)22(24,25)26/h1-8,13H,9-12H2,(H2,27,32). The highest BCUT2D eigenvalue weighted by Gasteiger charge is 2.30. The predicted molar refractivity (Wildman–Crippen MR) is 112 cm³/mol. The molecule has 0 saturated carbocycles. The molecule has 2 N–H and O–H groups in total. The highest BCUT2D eigenvalue weighted by atomic mass is 19.4. The van der Waals surface area contributed by atoms with Crippen LogP contribution in [0.3, 0.4) is 0 Å². The first-order chi connectivity index (χ1) is 15.2. The van der Waals surface area contributed by atoms with E-state index in [0.29, 0.717) is 37.4 Å². The predicted octanol–water partition coefficient (Wildman–Crippen LogP) is 3.73. The maximum absolute atomic E-state index is 13.2. The van der Waals surface area contributed by atoms with E-state index in [0.717, 1.165) is 17.8 Å². The van der Waals surface area contributed by atoms with Crippen LogP contribution in [0.15, 0.2) is 54.6 Å². The summed E-state index contributed by atoms with van der Waals surface area (Å²) in [5.41, 5.74) is 6.22.